The highest BCUT2D eigenvalue weighted by Crippen LogP contribution is 2.15. The Bertz CT molecular complexity index is 810. The van der Waals surface area contributed by atoms with Gasteiger partial charge < -0.3 is 10.1 Å². The van der Waals surface area contributed by atoms with Crippen LogP contribution in [-0.4, -0.2) is 22.5 Å². The molecule has 2 rings (SSSR count). The Kier molecular flexibility index (Phi) is 6.48. The predicted octanol–water partition coefficient (Wildman–Crippen LogP) is 2.97. The Hall–Kier alpha value is -3.40. The number of carbonyl (C=O) groups excluding carboxylic acids is 1. The number of nitro groups is 1. The van der Waals surface area contributed by atoms with Crippen LogP contribution in [0, 0.1) is 28.9 Å². The van der Waals surface area contributed by atoms with Gasteiger partial charge in [0.25, 0.3) is 5.69 Å². The van der Waals surface area contributed by atoms with Crippen LogP contribution in [0.1, 0.15) is 23.2 Å². The van der Waals surface area contributed by atoms with Crippen molar-refractivity contribution in [1.82, 2.24) is 10.3 Å². The molecule has 0 aliphatic heterocycles. The predicted molar refractivity (Wildman–Crippen MR) is 91.8 cm³/mol. The summed E-state index contributed by atoms with van der Waals surface area (Å²) in [5.41, 5.74) is 1.66. The fraction of sp³-hybridized carbons (Fsp3) is 0.222. The minimum atomic E-state index is -0.515. The smallest absolute Gasteiger partial charge is 0.407 e. The summed E-state index contributed by atoms with van der Waals surface area (Å²) in [6.45, 7) is 2.10. The lowest BCUT2D eigenvalue weighted by Crippen LogP contribution is -2.24. The highest BCUT2D eigenvalue weighted by molar-refractivity contribution is 5.67. The number of rotatable bonds is 5. The van der Waals surface area contributed by atoms with Crippen LogP contribution >= 0.6 is 0 Å². The maximum absolute atomic E-state index is 11.5. The SMILES string of the molecule is Cc1ncc(C#CCCNC(=O)OCc2ccccc2)cc1[N+](=O)[O-]. The molecule has 0 radical (unpaired) electrons. The molecule has 7 heteroatoms. The molecule has 1 N–H and O–H groups in total. The van der Waals surface area contributed by atoms with Crippen LogP contribution in [0.25, 0.3) is 0 Å². The van der Waals surface area contributed by atoms with Crippen LogP contribution in [0.15, 0.2) is 42.6 Å². The molecule has 0 unspecified atom stereocenters. The van der Waals surface area contributed by atoms with Gasteiger partial charge in [-0.2, -0.15) is 0 Å². The standard InChI is InChI=1S/C18H17N3O4/c1-14-17(21(23)24)11-16(12-20-14)9-5-6-10-19-18(22)25-13-15-7-3-2-4-8-15/h2-4,7-8,11-12H,6,10,13H2,1H3,(H,19,22). The first kappa shape index (κ1) is 17.9. The summed E-state index contributed by atoms with van der Waals surface area (Å²) in [4.78, 5) is 25.8. The second-order valence-electron chi connectivity index (χ2n) is 5.13. The molecule has 25 heavy (non-hydrogen) atoms. The van der Waals surface area contributed by atoms with Crippen molar-refractivity contribution in [2.75, 3.05) is 6.54 Å². The molecule has 0 aliphatic rings. The second kappa shape index (κ2) is 9.03. The molecular weight excluding hydrogens is 322 g/mol. The van der Waals surface area contributed by atoms with E-state index in [0.29, 0.717) is 24.2 Å². The third kappa shape index (κ3) is 5.95. The quantitative estimate of drug-likeness (QED) is 0.391. The zero-order valence-electron chi connectivity index (χ0n) is 13.7. The Balaban J connectivity index is 1.74. The lowest BCUT2D eigenvalue weighted by atomic mass is 10.2. The fourth-order valence-electron chi connectivity index (χ4n) is 1.94. The number of carbonyl (C=O) groups is 1. The van der Waals surface area contributed by atoms with Gasteiger partial charge in [0.1, 0.15) is 12.3 Å². The number of aromatic nitrogens is 1. The minimum Gasteiger partial charge on any atom is -0.445 e. The molecule has 1 aromatic heterocycles. The van der Waals surface area contributed by atoms with Gasteiger partial charge in [-0.25, -0.2) is 4.79 Å². The van der Waals surface area contributed by atoms with E-state index in [-0.39, 0.29) is 12.3 Å². The van der Waals surface area contributed by atoms with Gasteiger partial charge in [0.15, 0.2) is 0 Å². The Morgan fingerprint density at radius 2 is 2.12 bits per heavy atom. The van der Waals surface area contributed by atoms with E-state index in [9.17, 15) is 14.9 Å². The van der Waals surface area contributed by atoms with Crippen molar-refractivity contribution in [3.05, 3.63) is 69.5 Å². The van der Waals surface area contributed by atoms with Crippen molar-refractivity contribution in [3.63, 3.8) is 0 Å². The topological polar surface area (TPSA) is 94.4 Å². The van der Waals surface area contributed by atoms with Crippen molar-refractivity contribution in [3.8, 4) is 11.8 Å². The summed E-state index contributed by atoms with van der Waals surface area (Å²) in [6, 6.07) is 10.8. The molecule has 0 aliphatic carbocycles. The van der Waals surface area contributed by atoms with E-state index in [1.807, 2.05) is 30.3 Å². The van der Waals surface area contributed by atoms with E-state index in [1.54, 1.807) is 6.92 Å². The first-order chi connectivity index (χ1) is 12.1. The van der Waals surface area contributed by atoms with E-state index in [2.05, 4.69) is 22.1 Å². The summed E-state index contributed by atoms with van der Waals surface area (Å²) < 4.78 is 5.06. The summed E-state index contributed by atoms with van der Waals surface area (Å²) in [7, 11) is 0. The number of amides is 1. The normalized spacial score (nSPS) is 9.64. The molecule has 0 bridgehead atoms. The van der Waals surface area contributed by atoms with Crippen LogP contribution in [0.3, 0.4) is 0 Å². The van der Waals surface area contributed by atoms with E-state index < -0.39 is 11.0 Å². The Morgan fingerprint density at radius 3 is 2.84 bits per heavy atom. The van der Waals surface area contributed by atoms with Gasteiger partial charge in [0, 0.05) is 30.8 Å². The van der Waals surface area contributed by atoms with E-state index in [0.717, 1.165) is 5.56 Å². The molecular formula is C18H17N3O4. The van der Waals surface area contributed by atoms with Crippen LogP contribution < -0.4 is 5.32 Å². The molecule has 2 aromatic rings. The fourth-order valence-corrected chi connectivity index (χ4v) is 1.94. The van der Waals surface area contributed by atoms with Crippen LogP contribution in [0.2, 0.25) is 0 Å². The van der Waals surface area contributed by atoms with Gasteiger partial charge in [-0.3, -0.25) is 15.1 Å². The van der Waals surface area contributed by atoms with Crippen molar-refractivity contribution >= 4 is 11.8 Å². The molecule has 0 saturated carbocycles. The van der Waals surface area contributed by atoms with Gasteiger partial charge >= 0.3 is 6.09 Å². The van der Waals surface area contributed by atoms with E-state index in [4.69, 9.17) is 4.74 Å². The van der Waals surface area contributed by atoms with Gasteiger partial charge in [0.2, 0.25) is 0 Å². The van der Waals surface area contributed by atoms with Gasteiger partial charge in [-0.15, -0.1) is 0 Å². The molecule has 128 valence electrons. The van der Waals surface area contributed by atoms with Gasteiger partial charge in [0.05, 0.1) is 4.92 Å². The third-order valence-electron chi connectivity index (χ3n) is 3.22. The average molecular weight is 339 g/mol. The number of ether oxygens (including phenoxy) is 1. The van der Waals surface area contributed by atoms with Crippen molar-refractivity contribution in [2.24, 2.45) is 0 Å². The average Bonchev–Trinajstić information content (AvgIpc) is 2.61. The zero-order chi connectivity index (χ0) is 18.1. The lowest BCUT2D eigenvalue weighted by Gasteiger charge is -2.05. The monoisotopic (exact) mass is 339 g/mol. The van der Waals surface area contributed by atoms with Crippen molar-refractivity contribution in [1.29, 1.82) is 0 Å². The summed E-state index contributed by atoms with van der Waals surface area (Å²) in [5, 5.41) is 13.4. The number of alkyl carbamates (subject to hydrolysis) is 1. The van der Waals surface area contributed by atoms with Crippen LogP contribution in [0.5, 0.6) is 0 Å². The maximum atomic E-state index is 11.5. The van der Waals surface area contributed by atoms with Crippen molar-refractivity contribution in [2.45, 2.75) is 20.0 Å². The van der Waals surface area contributed by atoms with E-state index in [1.165, 1.54) is 12.3 Å². The summed E-state index contributed by atoms with van der Waals surface area (Å²) in [5.74, 6) is 5.62. The van der Waals surface area contributed by atoms with Crippen molar-refractivity contribution < 1.29 is 14.5 Å². The minimum absolute atomic E-state index is 0.0607. The molecule has 0 atom stereocenters. The summed E-state index contributed by atoms with van der Waals surface area (Å²) >= 11 is 0. The number of pyridine rings is 1. The summed E-state index contributed by atoms with van der Waals surface area (Å²) in [6.07, 6.45) is 1.36. The highest BCUT2D eigenvalue weighted by Gasteiger charge is 2.11. The molecule has 7 nitrogen and oxygen atoms in total. The van der Waals surface area contributed by atoms with Gasteiger partial charge in [-0.1, -0.05) is 42.2 Å². The van der Waals surface area contributed by atoms with Gasteiger partial charge in [-0.05, 0) is 12.5 Å². The largest absolute Gasteiger partial charge is 0.445 e. The molecule has 1 aromatic carbocycles. The Labute approximate surface area is 145 Å². The van der Waals surface area contributed by atoms with Crippen LogP contribution in [-0.2, 0) is 11.3 Å². The highest BCUT2D eigenvalue weighted by atomic mass is 16.6. The lowest BCUT2D eigenvalue weighted by molar-refractivity contribution is -0.385. The van der Waals surface area contributed by atoms with Crippen LogP contribution in [0.4, 0.5) is 10.5 Å². The molecule has 0 spiro atoms. The number of nitrogens with one attached hydrogen (secondary N) is 1. The third-order valence-corrected chi connectivity index (χ3v) is 3.22. The van der Waals surface area contributed by atoms with E-state index >= 15 is 0 Å². The number of hydrogen-bond donors (Lipinski definition) is 1. The zero-order valence-corrected chi connectivity index (χ0v) is 13.7. The first-order valence-corrected chi connectivity index (χ1v) is 7.60. The molecule has 1 amide bonds. The number of nitrogens with zero attached hydrogens (tertiary/aromatic N) is 2. The number of aryl methyl sites for hydroxylation is 1. The number of hydrogen-bond acceptors (Lipinski definition) is 5. The molecule has 0 saturated heterocycles. The number of benzene rings is 1. The molecule has 1 heterocycles. The maximum Gasteiger partial charge on any atom is 0.407 e. The first-order valence-electron chi connectivity index (χ1n) is 7.60. The Morgan fingerprint density at radius 1 is 1.36 bits per heavy atom. The second-order valence-corrected chi connectivity index (χ2v) is 5.13. The molecule has 0 fully saturated rings.